The molecule has 0 aromatic carbocycles. The third-order valence-corrected chi connectivity index (χ3v) is 4.96. The standard InChI is InChI=1S/C19H30N6O/c1-16-7-12-25(21-16)15-18(26)24-10-4-6-17(14-24)19-20-8-13-23(19)11-5-9-22(2)3/h7-8,12-13,17H,4-6,9-11,14-15H2,1-3H3. The lowest BCUT2D eigenvalue weighted by Gasteiger charge is -2.32. The van der Waals surface area contributed by atoms with E-state index in [4.69, 9.17) is 0 Å². The molecule has 1 amide bonds. The van der Waals surface area contributed by atoms with Crippen LogP contribution in [0.4, 0.5) is 0 Å². The Kier molecular flexibility index (Phi) is 6.08. The van der Waals surface area contributed by atoms with Gasteiger partial charge in [-0.2, -0.15) is 5.10 Å². The molecule has 1 fully saturated rings. The van der Waals surface area contributed by atoms with Gasteiger partial charge in [-0.15, -0.1) is 0 Å². The zero-order chi connectivity index (χ0) is 18.5. The van der Waals surface area contributed by atoms with Crippen LogP contribution in [0, 0.1) is 6.92 Å². The van der Waals surface area contributed by atoms with Gasteiger partial charge in [0.05, 0.1) is 5.69 Å². The molecule has 7 nitrogen and oxygen atoms in total. The van der Waals surface area contributed by atoms with Crippen LogP contribution in [0.15, 0.2) is 24.7 Å². The van der Waals surface area contributed by atoms with E-state index in [1.807, 2.05) is 30.3 Å². The summed E-state index contributed by atoms with van der Waals surface area (Å²) in [6.07, 6.45) is 9.04. The number of nitrogens with zero attached hydrogens (tertiary/aromatic N) is 6. The van der Waals surface area contributed by atoms with Crippen molar-refractivity contribution in [3.8, 4) is 0 Å². The molecule has 3 heterocycles. The van der Waals surface area contributed by atoms with Crippen LogP contribution in [0.25, 0.3) is 0 Å². The summed E-state index contributed by atoms with van der Waals surface area (Å²) >= 11 is 0. The molecule has 1 aliphatic rings. The van der Waals surface area contributed by atoms with Crippen molar-refractivity contribution >= 4 is 5.91 Å². The SMILES string of the molecule is Cc1ccn(CC(=O)N2CCCC(c3nccn3CCCN(C)C)C2)n1. The second-order valence-corrected chi connectivity index (χ2v) is 7.47. The third kappa shape index (κ3) is 4.72. The van der Waals surface area contributed by atoms with E-state index in [0.29, 0.717) is 12.5 Å². The van der Waals surface area contributed by atoms with Gasteiger partial charge in [0.2, 0.25) is 5.91 Å². The fraction of sp³-hybridized carbons (Fsp3) is 0.632. The number of amides is 1. The second-order valence-electron chi connectivity index (χ2n) is 7.47. The van der Waals surface area contributed by atoms with Crippen molar-refractivity contribution < 1.29 is 4.79 Å². The number of rotatable bonds is 7. The molecule has 7 heteroatoms. The van der Waals surface area contributed by atoms with E-state index in [1.165, 1.54) is 0 Å². The van der Waals surface area contributed by atoms with Gasteiger partial charge in [-0.05, 0) is 52.9 Å². The van der Waals surface area contributed by atoms with Crippen molar-refractivity contribution in [3.63, 3.8) is 0 Å². The summed E-state index contributed by atoms with van der Waals surface area (Å²) in [5, 5.41) is 4.33. The van der Waals surface area contributed by atoms with Crippen LogP contribution >= 0.6 is 0 Å². The molecule has 2 aromatic heterocycles. The number of aromatic nitrogens is 4. The largest absolute Gasteiger partial charge is 0.340 e. The molecule has 26 heavy (non-hydrogen) atoms. The van der Waals surface area contributed by atoms with E-state index < -0.39 is 0 Å². The van der Waals surface area contributed by atoms with Gasteiger partial charge in [-0.3, -0.25) is 9.48 Å². The Morgan fingerprint density at radius 2 is 2.19 bits per heavy atom. The number of imidazole rings is 1. The van der Waals surface area contributed by atoms with Gasteiger partial charge in [0.25, 0.3) is 0 Å². The summed E-state index contributed by atoms with van der Waals surface area (Å²) in [5.41, 5.74) is 0.939. The highest BCUT2D eigenvalue weighted by Crippen LogP contribution is 2.26. The van der Waals surface area contributed by atoms with Gasteiger partial charge >= 0.3 is 0 Å². The normalized spacial score (nSPS) is 17.8. The second kappa shape index (κ2) is 8.49. The molecule has 0 aliphatic carbocycles. The van der Waals surface area contributed by atoms with E-state index >= 15 is 0 Å². The van der Waals surface area contributed by atoms with Crippen LogP contribution in [0.1, 0.15) is 36.7 Å². The lowest BCUT2D eigenvalue weighted by molar-refractivity contribution is -0.133. The number of carbonyl (C=O) groups excluding carboxylic acids is 1. The monoisotopic (exact) mass is 358 g/mol. The van der Waals surface area contributed by atoms with Crippen molar-refractivity contribution in [2.75, 3.05) is 33.7 Å². The van der Waals surface area contributed by atoms with Gasteiger partial charge in [-0.25, -0.2) is 4.98 Å². The van der Waals surface area contributed by atoms with Gasteiger partial charge in [0.1, 0.15) is 12.4 Å². The van der Waals surface area contributed by atoms with Gasteiger partial charge in [0.15, 0.2) is 0 Å². The topological polar surface area (TPSA) is 59.2 Å². The highest BCUT2D eigenvalue weighted by atomic mass is 16.2. The molecular formula is C19H30N6O. The third-order valence-electron chi connectivity index (χ3n) is 4.96. The Labute approximate surface area is 155 Å². The maximum absolute atomic E-state index is 12.7. The summed E-state index contributed by atoms with van der Waals surface area (Å²) in [6.45, 7) is 5.88. The number of hydrogen-bond donors (Lipinski definition) is 0. The van der Waals surface area contributed by atoms with E-state index in [9.17, 15) is 4.79 Å². The van der Waals surface area contributed by atoms with Crippen LogP contribution in [-0.4, -0.2) is 68.8 Å². The van der Waals surface area contributed by atoms with E-state index in [-0.39, 0.29) is 5.91 Å². The fourth-order valence-corrected chi connectivity index (χ4v) is 3.63. The molecular weight excluding hydrogens is 328 g/mol. The molecule has 1 saturated heterocycles. The highest BCUT2D eigenvalue weighted by molar-refractivity contribution is 5.76. The zero-order valence-corrected chi connectivity index (χ0v) is 16.1. The van der Waals surface area contributed by atoms with Gasteiger partial charge < -0.3 is 14.4 Å². The molecule has 0 saturated carbocycles. The molecule has 2 aromatic rings. The lowest BCUT2D eigenvalue weighted by atomic mass is 9.97. The first-order valence-corrected chi connectivity index (χ1v) is 9.46. The quantitative estimate of drug-likeness (QED) is 0.757. The molecule has 0 spiro atoms. The van der Waals surface area contributed by atoms with Gasteiger partial charge in [-0.1, -0.05) is 0 Å². The number of piperidine rings is 1. The van der Waals surface area contributed by atoms with Gasteiger partial charge in [0, 0.05) is 44.1 Å². The maximum Gasteiger partial charge on any atom is 0.244 e. The Morgan fingerprint density at radius 1 is 1.35 bits per heavy atom. The van der Waals surface area contributed by atoms with Crippen molar-refractivity contribution in [2.45, 2.75) is 45.2 Å². The molecule has 1 aliphatic heterocycles. The molecule has 3 rings (SSSR count). The van der Waals surface area contributed by atoms with Crippen LogP contribution in [-0.2, 0) is 17.9 Å². The van der Waals surface area contributed by atoms with Crippen molar-refractivity contribution in [1.29, 1.82) is 0 Å². The zero-order valence-electron chi connectivity index (χ0n) is 16.1. The van der Waals surface area contributed by atoms with Crippen LogP contribution in [0.5, 0.6) is 0 Å². The Bertz CT molecular complexity index is 719. The fourth-order valence-electron chi connectivity index (χ4n) is 3.63. The summed E-state index contributed by atoms with van der Waals surface area (Å²) in [6, 6.07) is 1.93. The van der Waals surface area contributed by atoms with Crippen LogP contribution in [0.2, 0.25) is 0 Å². The summed E-state index contributed by atoms with van der Waals surface area (Å²) in [4.78, 5) is 21.4. The lowest BCUT2D eigenvalue weighted by Crippen LogP contribution is -2.41. The Balaban J connectivity index is 1.60. The first-order chi connectivity index (χ1) is 12.5. The predicted octanol–water partition coefficient (Wildman–Crippen LogP) is 1.75. The smallest absolute Gasteiger partial charge is 0.244 e. The summed E-state index contributed by atoms with van der Waals surface area (Å²) in [5.74, 6) is 1.58. The van der Waals surface area contributed by atoms with Crippen molar-refractivity contribution in [3.05, 3.63) is 36.2 Å². The van der Waals surface area contributed by atoms with Crippen molar-refractivity contribution in [2.24, 2.45) is 0 Å². The van der Waals surface area contributed by atoms with Crippen molar-refractivity contribution in [1.82, 2.24) is 29.1 Å². The van der Waals surface area contributed by atoms with E-state index in [2.05, 4.69) is 39.8 Å². The summed E-state index contributed by atoms with van der Waals surface area (Å²) in [7, 11) is 4.20. The highest BCUT2D eigenvalue weighted by Gasteiger charge is 2.27. The minimum Gasteiger partial charge on any atom is -0.340 e. The first kappa shape index (κ1) is 18.6. The summed E-state index contributed by atoms with van der Waals surface area (Å²) < 4.78 is 3.99. The molecule has 1 unspecified atom stereocenters. The first-order valence-electron chi connectivity index (χ1n) is 9.46. The number of carbonyl (C=O) groups is 1. The molecule has 0 bridgehead atoms. The number of likely N-dealkylation sites (tertiary alicyclic amines) is 1. The average Bonchev–Trinajstić information content (AvgIpc) is 3.23. The molecule has 1 atom stereocenters. The predicted molar refractivity (Wildman–Crippen MR) is 101 cm³/mol. The number of hydrogen-bond acceptors (Lipinski definition) is 4. The Hall–Kier alpha value is -2.15. The van der Waals surface area contributed by atoms with E-state index in [1.54, 1.807) is 4.68 Å². The average molecular weight is 358 g/mol. The molecule has 0 radical (unpaired) electrons. The van der Waals surface area contributed by atoms with Crippen LogP contribution < -0.4 is 0 Å². The van der Waals surface area contributed by atoms with Crippen LogP contribution in [0.3, 0.4) is 0 Å². The Morgan fingerprint density at radius 3 is 2.92 bits per heavy atom. The minimum absolute atomic E-state index is 0.142. The van der Waals surface area contributed by atoms with E-state index in [0.717, 1.165) is 57.0 Å². The number of aryl methyl sites for hydroxylation is 2. The minimum atomic E-state index is 0.142. The molecule has 142 valence electrons. The maximum atomic E-state index is 12.7. The molecule has 0 N–H and O–H groups in total.